The molecule has 1 aliphatic heterocycles. The Balaban J connectivity index is 1.42. The zero-order valence-electron chi connectivity index (χ0n) is 20.1. The van der Waals surface area contributed by atoms with E-state index in [2.05, 4.69) is 31.0 Å². The molecular formula is C26H31N5O3. The summed E-state index contributed by atoms with van der Waals surface area (Å²) in [4.78, 5) is 25.8. The van der Waals surface area contributed by atoms with Crippen LogP contribution in [0.1, 0.15) is 30.9 Å². The van der Waals surface area contributed by atoms with Gasteiger partial charge in [-0.05, 0) is 29.2 Å². The number of carbonyl (C=O) groups is 1. The highest BCUT2D eigenvalue weighted by molar-refractivity contribution is 5.93. The molecule has 1 amide bonds. The first-order valence-corrected chi connectivity index (χ1v) is 11.4. The number of hydrogen-bond donors (Lipinski definition) is 1. The smallest absolute Gasteiger partial charge is 0.246 e. The third kappa shape index (κ3) is 4.90. The first-order valence-electron chi connectivity index (χ1n) is 11.4. The zero-order chi connectivity index (χ0) is 24.2. The number of nitrogens with zero attached hydrogens (tertiary/aromatic N) is 4. The highest BCUT2D eigenvalue weighted by atomic mass is 16.5. The number of amides is 1. The van der Waals surface area contributed by atoms with Crippen molar-refractivity contribution >= 4 is 34.7 Å². The van der Waals surface area contributed by atoms with Crippen LogP contribution in [0.25, 0.3) is 17.0 Å². The van der Waals surface area contributed by atoms with Gasteiger partial charge in [-0.1, -0.05) is 38.1 Å². The molecule has 3 aromatic rings. The van der Waals surface area contributed by atoms with E-state index < -0.39 is 0 Å². The number of fused-ring (bicyclic) bond motifs is 1. The van der Waals surface area contributed by atoms with Crippen molar-refractivity contribution in [3.63, 3.8) is 0 Å². The second-order valence-corrected chi connectivity index (χ2v) is 8.60. The predicted molar refractivity (Wildman–Crippen MR) is 135 cm³/mol. The fourth-order valence-corrected chi connectivity index (χ4v) is 4.00. The molecule has 1 fully saturated rings. The van der Waals surface area contributed by atoms with Crippen molar-refractivity contribution in [2.45, 2.75) is 19.8 Å². The van der Waals surface area contributed by atoms with Gasteiger partial charge in [0.25, 0.3) is 0 Å². The third-order valence-electron chi connectivity index (χ3n) is 6.11. The molecule has 8 nitrogen and oxygen atoms in total. The molecule has 1 aromatic heterocycles. The van der Waals surface area contributed by atoms with Gasteiger partial charge < -0.3 is 25.0 Å². The Bertz CT molecular complexity index is 1200. The second-order valence-electron chi connectivity index (χ2n) is 8.60. The van der Waals surface area contributed by atoms with Crippen LogP contribution < -0.4 is 20.1 Å². The lowest BCUT2D eigenvalue weighted by molar-refractivity contribution is -0.126. The minimum absolute atomic E-state index is 0.00311. The monoisotopic (exact) mass is 461 g/mol. The molecule has 2 aromatic carbocycles. The van der Waals surface area contributed by atoms with E-state index in [-0.39, 0.29) is 5.91 Å². The molecule has 8 heteroatoms. The normalized spacial score (nSPS) is 14.3. The van der Waals surface area contributed by atoms with Gasteiger partial charge >= 0.3 is 0 Å². The Morgan fingerprint density at radius 2 is 1.65 bits per heavy atom. The molecule has 2 heterocycles. The minimum Gasteiger partial charge on any atom is -0.493 e. The number of rotatable bonds is 6. The Morgan fingerprint density at radius 1 is 1.00 bits per heavy atom. The van der Waals surface area contributed by atoms with E-state index in [1.54, 1.807) is 32.4 Å². The quantitative estimate of drug-likeness (QED) is 0.559. The van der Waals surface area contributed by atoms with Crippen LogP contribution in [0.4, 0.5) is 11.8 Å². The highest BCUT2D eigenvalue weighted by Gasteiger charge is 2.22. The standard InChI is InChI=1S/C26H31N5O3/c1-17(2)19-8-5-18(6-9-19)7-10-24(32)30-11-13-31(14-12-30)26-28-21-16-23(34-4)22(33-3)15-20(21)25(27)29-26/h5-10,15-17H,11-14H2,1-4H3,(H2,27,28,29)/b10-7+. The lowest BCUT2D eigenvalue weighted by Gasteiger charge is -2.34. The number of nitrogen functional groups attached to an aromatic ring is 1. The first-order chi connectivity index (χ1) is 16.4. The number of hydrogen-bond acceptors (Lipinski definition) is 7. The van der Waals surface area contributed by atoms with E-state index >= 15 is 0 Å². The van der Waals surface area contributed by atoms with Gasteiger partial charge in [0.05, 0.1) is 19.7 Å². The van der Waals surface area contributed by atoms with Crippen molar-refractivity contribution in [2.24, 2.45) is 0 Å². The first kappa shape index (κ1) is 23.4. The number of carbonyl (C=O) groups excluding carboxylic acids is 1. The highest BCUT2D eigenvalue weighted by Crippen LogP contribution is 2.34. The number of benzene rings is 2. The van der Waals surface area contributed by atoms with Gasteiger partial charge in [-0.25, -0.2) is 4.98 Å². The van der Waals surface area contributed by atoms with Gasteiger partial charge in [0.15, 0.2) is 11.5 Å². The largest absolute Gasteiger partial charge is 0.493 e. The maximum absolute atomic E-state index is 12.7. The molecule has 34 heavy (non-hydrogen) atoms. The number of nitrogens with two attached hydrogens (primary N) is 1. The molecule has 0 spiro atoms. The molecule has 0 saturated carbocycles. The Hall–Kier alpha value is -3.81. The average molecular weight is 462 g/mol. The molecule has 1 saturated heterocycles. The zero-order valence-corrected chi connectivity index (χ0v) is 20.1. The molecule has 0 bridgehead atoms. The van der Waals surface area contributed by atoms with Crippen LogP contribution in [0.3, 0.4) is 0 Å². The van der Waals surface area contributed by atoms with Gasteiger partial charge in [-0.3, -0.25) is 4.79 Å². The van der Waals surface area contributed by atoms with Gasteiger partial charge in [0.1, 0.15) is 5.82 Å². The van der Waals surface area contributed by atoms with E-state index in [0.717, 1.165) is 5.56 Å². The third-order valence-corrected chi connectivity index (χ3v) is 6.11. The Morgan fingerprint density at radius 3 is 2.26 bits per heavy atom. The van der Waals surface area contributed by atoms with E-state index in [1.165, 1.54) is 5.56 Å². The topological polar surface area (TPSA) is 93.8 Å². The second kappa shape index (κ2) is 9.99. The van der Waals surface area contributed by atoms with E-state index in [9.17, 15) is 4.79 Å². The molecule has 0 radical (unpaired) electrons. The van der Waals surface area contributed by atoms with Crippen molar-refractivity contribution in [3.05, 3.63) is 53.6 Å². The summed E-state index contributed by atoms with van der Waals surface area (Å²) < 4.78 is 10.7. The SMILES string of the molecule is COc1cc2nc(N3CCN(C(=O)/C=C/c4ccc(C(C)C)cc4)CC3)nc(N)c2cc1OC. The van der Waals surface area contributed by atoms with Crippen LogP contribution in [-0.2, 0) is 4.79 Å². The van der Waals surface area contributed by atoms with E-state index in [0.29, 0.717) is 66.3 Å². The van der Waals surface area contributed by atoms with Crippen LogP contribution in [0.5, 0.6) is 11.5 Å². The minimum atomic E-state index is 0.00311. The maximum Gasteiger partial charge on any atom is 0.246 e. The molecule has 0 atom stereocenters. The average Bonchev–Trinajstić information content (AvgIpc) is 2.86. The van der Waals surface area contributed by atoms with Gasteiger partial charge in [0, 0.05) is 43.7 Å². The summed E-state index contributed by atoms with van der Waals surface area (Å²) in [5.41, 5.74) is 9.22. The molecule has 178 valence electrons. The molecular weight excluding hydrogens is 430 g/mol. The number of aromatic nitrogens is 2. The van der Waals surface area contributed by atoms with Crippen LogP contribution >= 0.6 is 0 Å². The summed E-state index contributed by atoms with van der Waals surface area (Å²) in [5, 5.41) is 0.710. The van der Waals surface area contributed by atoms with Crippen molar-refractivity contribution in [1.82, 2.24) is 14.9 Å². The molecule has 1 aliphatic rings. The van der Waals surface area contributed by atoms with E-state index in [1.807, 2.05) is 28.0 Å². The predicted octanol–water partition coefficient (Wildman–Crippen LogP) is 3.71. The lowest BCUT2D eigenvalue weighted by atomic mass is 10.0. The van der Waals surface area contributed by atoms with Crippen molar-refractivity contribution < 1.29 is 14.3 Å². The summed E-state index contributed by atoms with van der Waals surface area (Å²) in [7, 11) is 3.16. The molecule has 0 unspecified atom stereocenters. The van der Waals surface area contributed by atoms with Crippen molar-refractivity contribution in [3.8, 4) is 11.5 Å². The Labute approximate surface area is 200 Å². The van der Waals surface area contributed by atoms with Crippen LogP contribution in [0.15, 0.2) is 42.5 Å². The summed E-state index contributed by atoms with van der Waals surface area (Å²) in [6.07, 6.45) is 3.51. The molecule has 0 aliphatic carbocycles. The molecule has 4 rings (SSSR count). The van der Waals surface area contributed by atoms with Gasteiger partial charge in [0.2, 0.25) is 11.9 Å². The van der Waals surface area contributed by atoms with Crippen LogP contribution in [-0.4, -0.2) is 61.2 Å². The lowest BCUT2D eigenvalue weighted by Crippen LogP contribution is -2.48. The summed E-state index contributed by atoms with van der Waals surface area (Å²) in [5.74, 6) is 2.58. The Kier molecular flexibility index (Phi) is 6.86. The van der Waals surface area contributed by atoms with Crippen LogP contribution in [0, 0.1) is 0 Å². The maximum atomic E-state index is 12.7. The fraction of sp³-hybridized carbons (Fsp3) is 0.346. The summed E-state index contributed by atoms with van der Waals surface area (Å²) in [6, 6.07) is 11.9. The molecule has 2 N–H and O–H groups in total. The fourth-order valence-electron chi connectivity index (χ4n) is 4.00. The van der Waals surface area contributed by atoms with Crippen molar-refractivity contribution in [1.29, 1.82) is 0 Å². The van der Waals surface area contributed by atoms with Gasteiger partial charge in [-0.15, -0.1) is 0 Å². The van der Waals surface area contributed by atoms with Gasteiger partial charge in [-0.2, -0.15) is 4.98 Å². The number of methoxy groups -OCH3 is 2. The number of ether oxygens (including phenoxy) is 2. The van der Waals surface area contributed by atoms with E-state index in [4.69, 9.17) is 20.2 Å². The summed E-state index contributed by atoms with van der Waals surface area (Å²) in [6.45, 7) is 6.76. The number of anilines is 2. The summed E-state index contributed by atoms with van der Waals surface area (Å²) >= 11 is 0. The number of piperazine rings is 1. The van der Waals surface area contributed by atoms with Crippen molar-refractivity contribution in [2.75, 3.05) is 51.0 Å². The van der Waals surface area contributed by atoms with Crippen LogP contribution in [0.2, 0.25) is 0 Å².